The molecule has 3 aromatic rings. The molecule has 1 nitrogen and oxygen atoms in total. The second-order valence-electron chi connectivity index (χ2n) is 4.89. The molecule has 0 saturated carbocycles. The van der Waals surface area contributed by atoms with Crippen molar-refractivity contribution in [1.82, 2.24) is 0 Å². The molecule has 0 radical (unpaired) electrons. The molecule has 0 fully saturated rings. The molecule has 2 heteroatoms. The van der Waals surface area contributed by atoms with E-state index in [1.54, 1.807) is 6.26 Å². The second-order valence-corrected chi connectivity index (χ2v) is 8.33. The number of hydrogen-bond acceptors (Lipinski definition) is 1. The molecule has 0 N–H and O–H groups in total. The minimum Gasteiger partial charge on any atom is -0.465 e. The van der Waals surface area contributed by atoms with E-state index in [0.717, 1.165) is 5.76 Å². The predicted octanol–water partition coefficient (Wildman–Crippen LogP) is 3.73. The van der Waals surface area contributed by atoms with Crippen LogP contribution in [0.1, 0.15) is 5.76 Å². The van der Waals surface area contributed by atoms with E-state index in [1.807, 2.05) is 12.1 Å². The first-order chi connectivity index (χ1) is 9.79. The summed E-state index contributed by atoms with van der Waals surface area (Å²) in [5.41, 5.74) is 0. The lowest BCUT2D eigenvalue weighted by Crippen LogP contribution is -2.17. The summed E-state index contributed by atoms with van der Waals surface area (Å²) in [6.07, 6.45) is 1.73. The van der Waals surface area contributed by atoms with Crippen LogP contribution in [-0.4, -0.2) is 12.5 Å². The molecule has 1 heterocycles. The molecule has 3 rings (SSSR count). The monoisotopic (exact) mass is 280 g/mol. The molecule has 0 atom stereocenters. The summed E-state index contributed by atoms with van der Waals surface area (Å²) in [4.78, 5) is 0. The van der Waals surface area contributed by atoms with Gasteiger partial charge < -0.3 is 4.42 Å². The maximum atomic E-state index is 5.54. The summed E-state index contributed by atoms with van der Waals surface area (Å²) >= 11 is 0. The lowest BCUT2D eigenvalue weighted by atomic mass is 10.4. The third-order valence-corrected chi connectivity index (χ3v) is 7.03. The first-order valence-corrected chi connectivity index (χ1v) is 8.96. The van der Waals surface area contributed by atoms with E-state index in [2.05, 4.69) is 73.1 Å². The van der Waals surface area contributed by atoms with E-state index >= 15 is 0 Å². The summed E-state index contributed by atoms with van der Waals surface area (Å²) < 4.78 is 5.54. The van der Waals surface area contributed by atoms with Crippen LogP contribution in [0.5, 0.6) is 0 Å². The molecule has 0 aliphatic carbocycles. The number of furan rings is 1. The van der Waals surface area contributed by atoms with Gasteiger partial charge in [-0.1, -0.05) is 60.7 Å². The van der Waals surface area contributed by atoms with Crippen molar-refractivity contribution in [3.63, 3.8) is 0 Å². The summed E-state index contributed by atoms with van der Waals surface area (Å²) in [7, 11) is 0. The maximum absolute atomic E-state index is 5.54. The Morgan fingerprint density at radius 2 is 1.30 bits per heavy atom. The zero-order chi connectivity index (χ0) is 13.8. The lowest BCUT2D eigenvalue weighted by Gasteiger charge is -2.22. The Balaban J connectivity index is 2.24. The summed E-state index contributed by atoms with van der Waals surface area (Å²) in [6, 6.07) is 25.3. The molecule has 0 aliphatic rings. The lowest BCUT2D eigenvalue weighted by molar-refractivity contribution is 0.561. The number of rotatable bonds is 3. The second kappa shape index (κ2) is 5.56. The standard InChI is InChI=1S/C18H17OP/c1-20(15-16-9-8-14-19-16,17-10-4-2-5-11-17)18-12-6-3-7-13-18/h2-15H,1H3. The van der Waals surface area contributed by atoms with Crippen molar-refractivity contribution in [1.29, 1.82) is 0 Å². The topological polar surface area (TPSA) is 13.1 Å². The van der Waals surface area contributed by atoms with Gasteiger partial charge in [0.2, 0.25) is 0 Å². The quantitative estimate of drug-likeness (QED) is 0.666. The summed E-state index contributed by atoms with van der Waals surface area (Å²) in [5, 5.41) is 2.73. The van der Waals surface area contributed by atoms with Gasteiger partial charge in [0.05, 0.1) is 6.26 Å². The molecule has 0 saturated heterocycles. The number of hydrogen-bond donors (Lipinski definition) is 0. The predicted molar refractivity (Wildman–Crippen MR) is 88.9 cm³/mol. The van der Waals surface area contributed by atoms with Gasteiger partial charge in [0.15, 0.2) is 0 Å². The SMILES string of the molecule is CP(=Cc1ccco1)(c1ccccc1)c1ccccc1. The minimum atomic E-state index is -1.58. The highest BCUT2D eigenvalue weighted by Gasteiger charge is 2.17. The largest absolute Gasteiger partial charge is 0.465 e. The van der Waals surface area contributed by atoms with E-state index in [9.17, 15) is 0 Å². The summed E-state index contributed by atoms with van der Waals surface area (Å²) in [6.45, 7) is 0.752. The van der Waals surface area contributed by atoms with Crippen LogP contribution in [0, 0.1) is 0 Å². The molecule has 0 bridgehead atoms. The van der Waals surface area contributed by atoms with Crippen LogP contribution >= 0.6 is 6.89 Å². The Morgan fingerprint density at radius 3 is 1.75 bits per heavy atom. The maximum Gasteiger partial charge on any atom is 0.127 e. The van der Waals surface area contributed by atoms with Crippen molar-refractivity contribution < 1.29 is 4.42 Å². The fraction of sp³-hybridized carbons (Fsp3) is 0.0556. The summed E-state index contributed by atoms with van der Waals surface area (Å²) in [5.74, 6) is 3.23. The van der Waals surface area contributed by atoms with Crippen LogP contribution in [0.4, 0.5) is 0 Å². The zero-order valence-electron chi connectivity index (χ0n) is 11.4. The van der Waals surface area contributed by atoms with Gasteiger partial charge >= 0.3 is 0 Å². The van der Waals surface area contributed by atoms with E-state index in [0.29, 0.717) is 0 Å². The van der Waals surface area contributed by atoms with Gasteiger partial charge in [-0.15, -0.1) is 0 Å². The molecule has 0 unspecified atom stereocenters. The first-order valence-electron chi connectivity index (χ1n) is 6.66. The fourth-order valence-corrected chi connectivity index (χ4v) is 5.23. The van der Waals surface area contributed by atoms with Crippen molar-refractivity contribution in [2.24, 2.45) is 0 Å². The molecular weight excluding hydrogens is 263 g/mol. The molecule has 2 aromatic carbocycles. The minimum absolute atomic E-state index is 0.938. The highest BCUT2D eigenvalue weighted by molar-refractivity contribution is 7.87. The Labute approximate surface area is 119 Å². The molecule has 0 aliphatic heterocycles. The molecule has 0 spiro atoms. The smallest absolute Gasteiger partial charge is 0.127 e. The van der Waals surface area contributed by atoms with Crippen LogP contribution < -0.4 is 10.6 Å². The van der Waals surface area contributed by atoms with E-state index in [4.69, 9.17) is 4.42 Å². The van der Waals surface area contributed by atoms with Crippen molar-refractivity contribution in [3.8, 4) is 0 Å². The van der Waals surface area contributed by atoms with E-state index in [-0.39, 0.29) is 0 Å². The van der Waals surface area contributed by atoms with E-state index in [1.165, 1.54) is 10.6 Å². The molecule has 1 aromatic heterocycles. The average molecular weight is 280 g/mol. The van der Waals surface area contributed by atoms with Crippen LogP contribution in [-0.2, 0) is 0 Å². The van der Waals surface area contributed by atoms with Gasteiger partial charge in [0.25, 0.3) is 0 Å². The number of benzene rings is 2. The zero-order valence-corrected chi connectivity index (χ0v) is 12.3. The van der Waals surface area contributed by atoms with Gasteiger partial charge in [0, 0.05) is 0 Å². The molecule has 20 heavy (non-hydrogen) atoms. The van der Waals surface area contributed by atoms with Crippen LogP contribution in [0.2, 0.25) is 0 Å². The van der Waals surface area contributed by atoms with Crippen molar-refractivity contribution in [2.45, 2.75) is 0 Å². The van der Waals surface area contributed by atoms with E-state index < -0.39 is 6.89 Å². The Bertz CT molecular complexity index is 669. The van der Waals surface area contributed by atoms with Crippen molar-refractivity contribution >= 4 is 23.3 Å². The van der Waals surface area contributed by atoms with Crippen LogP contribution in [0.15, 0.2) is 83.5 Å². The normalized spacial score (nSPS) is 11.2. The fourth-order valence-electron chi connectivity index (χ4n) is 2.39. The van der Waals surface area contributed by atoms with Crippen LogP contribution in [0.3, 0.4) is 0 Å². The highest BCUT2D eigenvalue weighted by Crippen LogP contribution is 2.40. The Hall–Kier alpha value is -1.98. The van der Waals surface area contributed by atoms with Crippen molar-refractivity contribution in [3.05, 3.63) is 84.8 Å². The Kier molecular flexibility index (Phi) is 3.62. The van der Waals surface area contributed by atoms with Gasteiger partial charge in [-0.3, -0.25) is 0 Å². The Morgan fingerprint density at radius 1 is 0.750 bits per heavy atom. The van der Waals surface area contributed by atoms with Gasteiger partial charge in [0.1, 0.15) is 5.76 Å². The van der Waals surface area contributed by atoms with Gasteiger partial charge in [-0.2, -0.15) is 0 Å². The average Bonchev–Trinajstić information content (AvgIpc) is 3.02. The van der Waals surface area contributed by atoms with Crippen molar-refractivity contribution in [2.75, 3.05) is 6.66 Å². The van der Waals surface area contributed by atoms with Gasteiger partial charge in [-0.05, 0) is 42.1 Å². The highest BCUT2D eigenvalue weighted by atomic mass is 31.2. The first kappa shape index (κ1) is 13.0. The molecular formula is C18H17OP. The molecule has 0 amide bonds. The molecule has 100 valence electrons. The van der Waals surface area contributed by atoms with Crippen LogP contribution in [0.25, 0.3) is 0 Å². The van der Waals surface area contributed by atoms with Gasteiger partial charge in [-0.25, -0.2) is 0 Å². The third-order valence-electron chi connectivity index (χ3n) is 3.51. The third kappa shape index (κ3) is 2.50.